The van der Waals surface area contributed by atoms with Gasteiger partial charge in [-0.15, -0.1) is 0 Å². The lowest BCUT2D eigenvalue weighted by Gasteiger charge is -2.07. The molecule has 0 amide bonds. The molecule has 0 aromatic heterocycles. The monoisotopic (exact) mass is 264 g/mol. The van der Waals surface area contributed by atoms with Crippen LogP contribution in [0.3, 0.4) is 0 Å². The Hall–Kier alpha value is -2.30. The number of carbonyl (C=O) groups excluding carboxylic acids is 1. The van der Waals surface area contributed by atoms with E-state index in [-0.39, 0.29) is 18.6 Å². The number of hydrogen-bond acceptors (Lipinski definition) is 4. The van der Waals surface area contributed by atoms with Gasteiger partial charge < -0.3 is 14.6 Å². The van der Waals surface area contributed by atoms with E-state index in [1.165, 1.54) is 0 Å². The van der Waals surface area contributed by atoms with Crippen molar-refractivity contribution in [1.82, 2.24) is 0 Å². The van der Waals surface area contributed by atoms with Crippen molar-refractivity contribution in [3.05, 3.63) is 42.5 Å². The fraction of sp³-hybridized carbons (Fsp3) is 0.286. The minimum Gasteiger partial charge on any atom is -0.493 e. The minimum atomic E-state index is -1.19. The van der Waals surface area contributed by atoms with Crippen LogP contribution < -0.4 is 4.74 Å². The van der Waals surface area contributed by atoms with E-state index < -0.39 is 11.9 Å². The second kappa shape index (κ2) is 7.92. The minimum absolute atomic E-state index is 0.175. The molecule has 0 radical (unpaired) electrons. The highest BCUT2D eigenvalue weighted by Crippen LogP contribution is 2.08. The van der Waals surface area contributed by atoms with Gasteiger partial charge in [-0.05, 0) is 12.1 Å². The van der Waals surface area contributed by atoms with E-state index in [0.717, 1.165) is 5.75 Å². The summed E-state index contributed by atoms with van der Waals surface area (Å²) in [5.41, 5.74) is -0.175. The number of esters is 1. The molecule has 5 heteroatoms. The van der Waals surface area contributed by atoms with Crippen molar-refractivity contribution >= 4 is 11.9 Å². The van der Waals surface area contributed by atoms with Crippen molar-refractivity contribution in [2.75, 3.05) is 13.2 Å². The van der Waals surface area contributed by atoms with Crippen molar-refractivity contribution in [1.29, 1.82) is 0 Å². The van der Waals surface area contributed by atoms with Crippen molar-refractivity contribution in [3.8, 4) is 5.75 Å². The summed E-state index contributed by atoms with van der Waals surface area (Å²) in [6.07, 6.45) is 0.245. The first-order chi connectivity index (χ1) is 9.09. The number of carboxylic acid groups (broad SMARTS) is 1. The molecule has 5 nitrogen and oxygen atoms in total. The van der Waals surface area contributed by atoms with Gasteiger partial charge in [-0.3, -0.25) is 4.79 Å². The first-order valence-electron chi connectivity index (χ1n) is 5.84. The van der Waals surface area contributed by atoms with Crippen LogP contribution in [0.25, 0.3) is 0 Å². The second-order valence-corrected chi connectivity index (χ2v) is 3.82. The van der Waals surface area contributed by atoms with Crippen LogP contribution in [0.1, 0.15) is 12.8 Å². The van der Waals surface area contributed by atoms with Crippen molar-refractivity contribution in [2.45, 2.75) is 12.8 Å². The van der Waals surface area contributed by atoms with E-state index in [1.807, 2.05) is 30.3 Å². The first-order valence-corrected chi connectivity index (χ1v) is 5.84. The van der Waals surface area contributed by atoms with E-state index in [2.05, 4.69) is 6.58 Å². The van der Waals surface area contributed by atoms with Crippen molar-refractivity contribution in [3.63, 3.8) is 0 Å². The molecule has 1 N–H and O–H groups in total. The Labute approximate surface area is 111 Å². The van der Waals surface area contributed by atoms with Crippen LogP contribution in [0.5, 0.6) is 5.75 Å². The predicted molar refractivity (Wildman–Crippen MR) is 68.9 cm³/mol. The van der Waals surface area contributed by atoms with Gasteiger partial charge in [0.25, 0.3) is 0 Å². The molecule has 0 heterocycles. The van der Waals surface area contributed by atoms with Crippen LogP contribution in [0.4, 0.5) is 0 Å². The normalized spacial score (nSPS) is 9.68. The average molecular weight is 264 g/mol. The summed E-state index contributed by atoms with van der Waals surface area (Å²) in [4.78, 5) is 21.6. The largest absolute Gasteiger partial charge is 0.493 e. The quantitative estimate of drug-likeness (QED) is 0.442. The van der Waals surface area contributed by atoms with Gasteiger partial charge in [0.05, 0.1) is 19.6 Å². The number of benzene rings is 1. The van der Waals surface area contributed by atoms with Crippen LogP contribution in [-0.4, -0.2) is 30.3 Å². The van der Waals surface area contributed by atoms with Gasteiger partial charge in [-0.2, -0.15) is 0 Å². The first kappa shape index (κ1) is 14.8. The highest BCUT2D eigenvalue weighted by atomic mass is 16.5. The van der Waals surface area contributed by atoms with Gasteiger partial charge in [0, 0.05) is 12.0 Å². The lowest BCUT2D eigenvalue weighted by molar-refractivity contribution is -0.145. The lowest BCUT2D eigenvalue weighted by Crippen LogP contribution is -2.12. The van der Waals surface area contributed by atoms with Gasteiger partial charge in [0.1, 0.15) is 5.75 Å². The molecule has 0 aliphatic heterocycles. The molecule has 19 heavy (non-hydrogen) atoms. The standard InChI is InChI=1S/C14H16O5/c1-11(14(16)17)10-13(15)19-9-5-8-18-12-6-3-2-4-7-12/h2-4,6-7H,1,5,8-10H2,(H,16,17). The molecule has 102 valence electrons. The predicted octanol–water partition coefficient (Wildman–Crippen LogP) is 2.03. The van der Waals surface area contributed by atoms with Crippen LogP contribution >= 0.6 is 0 Å². The molecule has 0 aliphatic carbocycles. The number of ether oxygens (including phenoxy) is 2. The fourth-order valence-corrected chi connectivity index (χ4v) is 1.25. The van der Waals surface area contributed by atoms with Crippen LogP contribution in [-0.2, 0) is 14.3 Å². The zero-order chi connectivity index (χ0) is 14.1. The maximum atomic E-state index is 11.2. The summed E-state index contributed by atoms with van der Waals surface area (Å²) in [5.74, 6) is -1.02. The molecule has 0 spiro atoms. The summed E-state index contributed by atoms with van der Waals surface area (Å²) in [5, 5.41) is 8.54. The summed E-state index contributed by atoms with van der Waals surface area (Å²) < 4.78 is 10.3. The van der Waals surface area contributed by atoms with Crippen molar-refractivity contribution < 1.29 is 24.2 Å². The topological polar surface area (TPSA) is 72.8 Å². The van der Waals surface area contributed by atoms with Gasteiger partial charge in [0.15, 0.2) is 0 Å². The molecular weight excluding hydrogens is 248 g/mol. The molecule has 0 fully saturated rings. The van der Waals surface area contributed by atoms with Crippen LogP contribution in [0.2, 0.25) is 0 Å². The van der Waals surface area contributed by atoms with E-state index in [9.17, 15) is 9.59 Å². The van der Waals surface area contributed by atoms with E-state index >= 15 is 0 Å². The molecule has 1 rings (SSSR count). The summed E-state index contributed by atoms with van der Waals surface area (Å²) in [7, 11) is 0. The summed E-state index contributed by atoms with van der Waals surface area (Å²) >= 11 is 0. The van der Waals surface area contributed by atoms with Gasteiger partial charge in [-0.25, -0.2) is 4.79 Å². The van der Waals surface area contributed by atoms with E-state index in [4.69, 9.17) is 14.6 Å². The molecule has 1 aromatic rings. The highest BCUT2D eigenvalue weighted by Gasteiger charge is 2.10. The molecule has 0 aliphatic rings. The number of carbonyl (C=O) groups is 2. The number of rotatable bonds is 8. The Kier molecular flexibility index (Phi) is 6.15. The van der Waals surface area contributed by atoms with Gasteiger partial charge in [0.2, 0.25) is 0 Å². The molecular formula is C14H16O5. The Bertz CT molecular complexity index is 438. The number of hydrogen-bond donors (Lipinski definition) is 1. The Morgan fingerprint density at radius 3 is 2.47 bits per heavy atom. The zero-order valence-corrected chi connectivity index (χ0v) is 10.5. The number of para-hydroxylation sites is 1. The average Bonchev–Trinajstić information content (AvgIpc) is 2.39. The maximum absolute atomic E-state index is 11.2. The van der Waals surface area contributed by atoms with Crippen LogP contribution in [0, 0.1) is 0 Å². The van der Waals surface area contributed by atoms with E-state index in [0.29, 0.717) is 13.0 Å². The number of aliphatic carboxylic acids is 1. The summed E-state index contributed by atoms with van der Waals surface area (Å²) in [6.45, 7) is 3.87. The van der Waals surface area contributed by atoms with E-state index in [1.54, 1.807) is 0 Å². The molecule has 0 saturated carbocycles. The zero-order valence-electron chi connectivity index (χ0n) is 10.5. The Morgan fingerprint density at radius 2 is 1.84 bits per heavy atom. The SMILES string of the molecule is C=C(CC(=O)OCCCOc1ccccc1)C(=O)O. The third kappa shape index (κ3) is 6.26. The smallest absolute Gasteiger partial charge is 0.331 e. The highest BCUT2D eigenvalue weighted by molar-refractivity contribution is 5.91. The third-order valence-corrected chi connectivity index (χ3v) is 2.22. The van der Waals surface area contributed by atoms with Crippen LogP contribution in [0.15, 0.2) is 42.5 Å². The van der Waals surface area contributed by atoms with Gasteiger partial charge in [-0.1, -0.05) is 24.8 Å². The summed E-state index contributed by atoms with van der Waals surface area (Å²) in [6, 6.07) is 9.30. The molecule has 1 aromatic carbocycles. The van der Waals surface area contributed by atoms with Gasteiger partial charge >= 0.3 is 11.9 Å². The molecule has 0 bridgehead atoms. The lowest BCUT2D eigenvalue weighted by atomic mass is 10.2. The molecule has 0 saturated heterocycles. The Morgan fingerprint density at radius 1 is 1.16 bits per heavy atom. The maximum Gasteiger partial charge on any atom is 0.331 e. The third-order valence-electron chi connectivity index (χ3n) is 2.22. The fourth-order valence-electron chi connectivity index (χ4n) is 1.25. The molecule has 0 unspecified atom stereocenters. The number of carboxylic acids is 1. The Balaban J connectivity index is 2.09. The van der Waals surface area contributed by atoms with Crippen molar-refractivity contribution in [2.24, 2.45) is 0 Å². The second-order valence-electron chi connectivity index (χ2n) is 3.82. The molecule has 0 atom stereocenters.